The molecule has 0 radical (unpaired) electrons. The molecular formula is C21H25ClN6OS. The highest BCUT2D eigenvalue weighted by Gasteiger charge is 2.27. The van der Waals surface area contributed by atoms with Gasteiger partial charge in [-0.25, -0.2) is 0 Å². The summed E-state index contributed by atoms with van der Waals surface area (Å²) in [7, 11) is 0. The van der Waals surface area contributed by atoms with E-state index in [0.29, 0.717) is 23.8 Å². The van der Waals surface area contributed by atoms with Gasteiger partial charge < -0.3 is 5.32 Å². The average molecular weight is 445 g/mol. The van der Waals surface area contributed by atoms with Crippen molar-refractivity contribution in [1.82, 2.24) is 30.4 Å². The van der Waals surface area contributed by atoms with Crippen LogP contribution in [0.15, 0.2) is 41.8 Å². The molecule has 2 atom stereocenters. The molecular weight excluding hydrogens is 420 g/mol. The molecule has 0 spiro atoms. The van der Waals surface area contributed by atoms with E-state index < -0.39 is 6.04 Å². The van der Waals surface area contributed by atoms with E-state index >= 15 is 0 Å². The fourth-order valence-electron chi connectivity index (χ4n) is 3.78. The summed E-state index contributed by atoms with van der Waals surface area (Å²) in [5.74, 6) is 0.393. The molecule has 7 nitrogen and oxygen atoms in total. The third-order valence-corrected chi connectivity index (χ3v) is 6.65. The molecule has 0 bridgehead atoms. The van der Waals surface area contributed by atoms with Crippen molar-refractivity contribution in [2.45, 2.75) is 38.3 Å². The van der Waals surface area contributed by atoms with E-state index in [1.165, 1.54) is 22.5 Å². The minimum absolute atomic E-state index is 0.0849. The van der Waals surface area contributed by atoms with Gasteiger partial charge in [0.1, 0.15) is 0 Å². The Labute approximate surface area is 185 Å². The fourth-order valence-corrected chi connectivity index (χ4v) is 4.77. The monoisotopic (exact) mass is 444 g/mol. The molecule has 0 aliphatic carbocycles. The first-order valence-electron chi connectivity index (χ1n) is 10.3. The Kier molecular flexibility index (Phi) is 6.76. The molecule has 2 aromatic heterocycles. The molecule has 1 aliphatic rings. The van der Waals surface area contributed by atoms with E-state index in [-0.39, 0.29) is 11.9 Å². The highest BCUT2D eigenvalue weighted by atomic mass is 35.5. The zero-order valence-corrected chi connectivity index (χ0v) is 18.4. The van der Waals surface area contributed by atoms with Gasteiger partial charge >= 0.3 is 0 Å². The molecule has 1 saturated heterocycles. The number of carbonyl (C=O) groups is 1. The van der Waals surface area contributed by atoms with Crippen LogP contribution in [0.3, 0.4) is 0 Å². The lowest BCUT2D eigenvalue weighted by Gasteiger charge is -2.27. The maximum absolute atomic E-state index is 13.0. The van der Waals surface area contributed by atoms with Crippen molar-refractivity contribution in [1.29, 1.82) is 0 Å². The van der Waals surface area contributed by atoms with Crippen molar-refractivity contribution >= 4 is 28.8 Å². The number of amides is 1. The number of nitrogens with zero attached hydrogens (tertiary/aromatic N) is 5. The Morgan fingerprint density at radius 3 is 2.67 bits per heavy atom. The Hall–Kier alpha value is -2.29. The maximum Gasteiger partial charge on any atom is 0.246 e. The molecule has 0 saturated carbocycles. The van der Waals surface area contributed by atoms with Crippen LogP contribution in [-0.2, 0) is 4.79 Å². The summed E-state index contributed by atoms with van der Waals surface area (Å²) in [6, 6.07) is 11.2. The summed E-state index contributed by atoms with van der Waals surface area (Å²) in [5, 5.41) is 18.6. The number of rotatable bonds is 8. The number of likely N-dealkylation sites (tertiary alicyclic amines) is 1. The lowest BCUT2D eigenvalue weighted by Crippen LogP contribution is -2.40. The second-order valence-corrected chi connectivity index (χ2v) is 8.80. The van der Waals surface area contributed by atoms with Gasteiger partial charge in [-0.05, 0) is 73.3 Å². The van der Waals surface area contributed by atoms with E-state index in [1.807, 2.05) is 19.1 Å². The quantitative estimate of drug-likeness (QED) is 0.569. The minimum Gasteiger partial charge on any atom is -0.352 e. The molecule has 1 aliphatic heterocycles. The van der Waals surface area contributed by atoms with E-state index in [4.69, 9.17) is 11.6 Å². The van der Waals surface area contributed by atoms with Crippen LogP contribution in [0.5, 0.6) is 0 Å². The first kappa shape index (κ1) is 21.0. The highest BCUT2D eigenvalue weighted by Crippen LogP contribution is 2.28. The zero-order chi connectivity index (χ0) is 20.9. The predicted octanol–water partition coefficient (Wildman–Crippen LogP) is 3.96. The number of hydrogen-bond donors (Lipinski definition) is 1. The molecule has 1 aromatic carbocycles. The van der Waals surface area contributed by atoms with Crippen molar-refractivity contribution < 1.29 is 4.79 Å². The van der Waals surface area contributed by atoms with Gasteiger partial charge in [0.2, 0.25) is 11.7 Å². The van der Waals surface area contributed by atoms with Gasteiger partial charge in [0, 0.05) is 22.0 Å². The van der Waals surface area contributed by atoms with Crippen molar-refractivity contribution in [2.75, 3.05) is 19.6 Å². The number of benzene rings is 1. The van der Waals surface area contributed by atoms with Gasteiger partial charge in [-0.3, -0.25) is 9.69 Å². The fraction of sp³-hybridized carbons (Fsp3) is 0.429. The number of nitrogens with one attached hydrogen (secondary N) is 1. The standard InChI is InChI=1S/C21H25ClN6OS/c1-2-17(28-25-20(24-26-28)15-7-9-16(22)10-8-15)21(29)23-14-18(19-6-5-13-30-19)27-11-3-4-12-27/h5-10,13,17-18H,2-4,11-12,14H2,1H3,(H,23,29)/t17-,18+/m1/s1. The van der Waals surface area contributed by atoms with Crippen LogP contribution < -0.4 is 5.32 Å². The molecule has 3 aromatic rings. The van der Waals surface area contributed by atoms with Crippen LogP contribution in [0.2, 0.25) is 5.02 Å². The van der Waals surface area contributed by atoms with E-state index in [1.54, 1.807) is 23.5 Å². The van der Waals surface area contributed by atoms with Crippen LogP contribution in [0.4, 0.5) is 0 Å². The van der Waals surface area contributed by atoms with Gasteiger partial charge in [-0.1, -0.05) is 24.6 Å². The summed E-state index contributed by atoms with van der Waals surface area (Å²) in [6.07, 6.45) is 3.00. The molecule has 1 N–H and O–H groups in total. The number of hydrogen-bond acceptors (Lipinski definition) is 6. The second kappa shape index (κ2) is 9.68. The number of tetrazole rings is 1. The minimum atomic E-state index is -0.499. The number of aromatic nitrogens is 4. The largest absolute Gasteiger partial charge is 0.352 e. The number of halogens is 1. The van der Waals surface area contributed by atoms with E-state index in [9.17, 15) is 4.79 Å². The van der Waals surface area contributed by atoms with Crippen LogP contribution in [0.1, 0.15) is 43.1 Å². The lowest BCUT2D eigenvalue weighted by atomic mass is 10.2. The van der Waals surface area contributed by atoms with Gasteiger partial charge in [0.25, 0.3) is 0 Å². The van der Waals surface area contributed by atoms with Crippen molar-refractivity contribution in [3.63, 3.8) is 0 Å². The Bertz CT molecular complexity index is 952. The SMILES string of the molecule is CC[C@H](C(=O)NC[C@@H](c1cccs1)N1CCCC1)n1nnc(-c2ccc(Cl)cc2)n1. The summed E-state index contributed by atoms with van der Waals surface area (Å²) in [5.41, 5.74) is 0.813. The molecule has 9 heteroatoms. The van der Waals surface area contributed by atoms with Crippen LogP contribution in [0, 0.1) is 0 Å². The summed E-state index contributed by atoms with van der Waals surface area (Å²) in [4.78, 5) is 18.1. The Morgan fingerprint density at radius 1 is 1.23 bits per heavy atom. The second-order valence-electron chi connectivity index (χ2n) is 7.38. The molecule has 3 heterocycles. The number of thiophene rings is 1. The zero-order valence-electron chi connectivity index (χ0n) is 16.9. The number of carbonyl (C=O) groups excluding carboxylic acids is 1. The summed E-state index contributed by atoms with van der Waals surface area (Å²) < 4.78 is 0. The third kappa shape index (κ3) is 4.71. The summed E-state index contributed by atoms with van der Waals surface area (Å²) in [6.45, 7) is 4.68. The van der Waals surface area contributed by atoms with Gasteiger partial charge in [0.15, 0.2) is 6.04 Å². The average Bonchev–Trinajstić information content (AvgIpc) is 3.53. The first-order chi connectivity index (χ1) is 14.7. The van der Waals surface area contributed by atoms with Crippen LogP contribution in [0.25, 0.3) is 11.4 Å². The summed E-state index contributed by atoms with van der Waals surface area (Å²) >= 11 is 7.69. The topological polar surface area (TPSA) is 75.9 Å². The smallest absolute Gasteiger partial charge is 0.246 e. The third-order valence-electron chi connectivity index (χ3n) is 5.42. The van der Waals surface area contributed by atoms with E-state index in [0.717, 1.165) is 18.7 Å². The molecule has 158 valence electrons. The van der Waals surface area contributed by atoms with E-state index in [2.05, 4.69) is 43.1 Å². The Balaban J connectivity index is 1.44. The molecule has 4 rings (SSSR count). The lowest BCUT2D eigenvalue weighted by molar-refractivity contribution is -0.125. The van der Waals surface area contributed by atoms with Gasteiger partial charge in [-0.15, -0.1) is 21.5 Å². The van der Waals surface area contributed by atoms with Gasteiger partial charge in [-0.2, -0.15) is 4.80 Å². The van der Waals surface area contributed by atoms with Crippen LogP contribution in [-0.4, -0.2) is 50.6 Å². The highest BCUT2D eigenvalue weighted by molar-refractivity contribution is 7.10. The molecule has 30 heavy (non-hydrogen) atoms. The van der Waals surface area contributed by atoms with Crippen molar-refractivity contribution in [3.05, 3.63) is 51.7 Å². The van der Waals surface area contributed by atoms with Crippen LogP contribution >= 0.6 is 22.9 Å². The van der Waals surface area contributed by atoms with Gasteiger partial charge in [0.05, 0.1) is 6.04 Å². The molecule has 1 fully saturated rings. The maximum atomic E-state index is 13.0. The molecule has 1 amide bonds. The van der Waals surface area contributed by atoms with Crippen molar-refractivity contribution in [2.24, 2.45) is 0 Å². The Morgan fingerprint density at radius 2 is 2.00 bits per heavy atom. The normalized spacial score (nSPS) is 16.5. The molecule has 0 unspecified atom stereocenters. The van der Waals surface area contributed by atoms with Crippen molar-refractivity contribution in [3.8, 4) is 11.4 Å². The predicted molar refractivity (Wildman–Crippen MR) is 118 cm³/mol. The first-order valence-corrected chi connectivity index (χ1v) is 11.5.